The van der Waals surface area contributed by atoms with Crippen molar-refractivity contribution in [2.45, 2.75) is 38.8 Å². The smallest absolute Gasteiger partial charge is 0.327 e. The van der Waals surface area contributed by atoms with Crippen LogP contribution in [-0.4, -0.2) is 69.1 Å². The van der Waals surface area contributed by atoms with Gasteiger partial charge in [0, 0.05) is 12.6 Å². The molecule has 0 aromatic carbocycles. The van der Waals surface area contributed by atoms with E-state index in [2.05, 4.69) is 5.32 Å². The molecule has 1 rings (SSSR count). The summed E-state index contributed by atoms with van der Waals surface area (Å²) in [5, 5.41) is 3.15. The van der Waals surface area contributed by atoms with Gasteiger partial charge in [-0.25, -0.2) is 8.42 Å². The quantitative estimate of drug-likeness (QED) is 0.669. The molecule has 0 amide bonds. The SMILES string of the molecule is CCNC(C)(CN(C)C1CCS(=O)(=O)C1)C(=O)OCC. The molecule has 2 unspecified atom stereocenters. The van der Waals surface area contributed by atoms with Gasteiger partial charge in [0.2, 0.25) is 0 Å². The van der Waals surface area contributed by atoms with E-state index >= 15 is 0 Å². The van der Waals surface area contributed by atoms with Crippen LogP contribution in [0.2, 0.25) is 0 Å². The summed E-state index contributed by atoms with van der Waals surface area (Å²) in [6, 6.07) is -0.0209. The number of likely N-dealkylation sites (N-methyl/N-ethyl adjacent to an activating group) is 2. The molecule has 1 saturated heterocycles. The highest BCUT2D eigenvalue weighted by Crippen LogP contribution is 2.19. The first-order valence-electron chi connectivity index (χ1n) is 7.07. The Morgan fingerprint density at radius 2 is 2.10 bits per heavy atom. The second-order valence-corrected chi connectivity index (χ2v) is 7.78. The predicted molar refractivity (Wildman–Crippen MR) is 78.4 cm³/mol. The van der Waals surface area contributed by atoms with Crippen LogP contribution in [0.15, 0.2) is 0 Å². The molecule has 1 aliphatic heterocycles. The minimum atomic E-state index is -2.92. The van der Waals surface area contributed by atoms with Gasteiger partial charge in [-0.15, -0.1) is 0 Å². The van der Waals surface area contributed by atoms with Crippen molar-refractivity contribution in [2.75, 3.05) is 38.2 Å². The van der Waals surface area contributed by atoms with Crippen LogP contribution in [0.25, 0.3) is 0 Å². The molecule has 0 aliphatic carbocycles. The van der Waals surface area contributed by atoms with Crippen molar-refractivity contribution in [1.29, 1.82) is 0 Å². The van der Waals surface area contributed by atoms with Gasteiger partial charge in [-0.1, -0.05) is 6.92 Å². The Kier molecular flexibility index (Phi) is 5.97. The van der Waals surface area contributed by atoms with Crippen molar-refractivity contribution in [3.05, 3.63) is 0 Å². The van der Waals surface area contributed by atoms with Crippen LogP contribution < -0.4 is 5.32 Å². The van der Waals surface area contributed by atoms with Gasteiger partial charge in [0.15, 0.2) is 9.84 Å². The van der Waals surface area contributed by atoms with Gasteiger partial charge in [0.25, 0.3) is 0 Å². The summed E-state index contributed by atoms with van der Waals surface area (Å²) >= 11 is 0. The van der Waals surface area contributed by atoms with Crippen molar-refractivity contribution in [1.82, 2.24) is 10.2 Å². The van der Waals surface area contributed by atoms with Crippen LogP contribution in [0.3, 0.4) is 0 Å². The molecule has 118 valence electrons. The van der Waals surface area contributed by atoms with Crippen LogP contribution in [0.1, 0.15) is 27.2 Å². The van der Waals surface area contributed by atoms with Crippen LogP contribution in [-0.2, 0) is 19.4 Å². The van der Waals surface area contributed by atoms with Gasteiger partial charge < -0.3 is 10.1 Å². The third-order valence-electron chi connectivity index (χ3n) is 3.69. The van der Waals surface area contributed by atoms with E-state index in [1.54, 1.807) is 13.8 Å². The highest BCUT2D eigenvalue weighted by atomic mass is 32.2. The zero-order valence-corrected chi connectivity index (χ0v) is 13.6. The summed E-state index contributed by atoms with van der Waals surface area (Å²) in [5.41, 5.74) is -0.814. The first kappa shape index (κ1) is 17.4. The van der Waals surface area contributed by atoms with E-state index in [1.165, 1.54) is 0 Å². The minimum absolute atomic E-state index is 0.0209. The molecule has 0 radical (unpaired) electrons. The zero-order chi connectivity index (χ0) is 15.4. The number of rotatable bonds is 7. The van der Waals surface area contributed by atoms with E-state index in [0.717, 1.165) is 0 Å². The summed E-state index contributed by atoms with van der Waals surface area (Å²) in [6.07, 6.45) is 0.629. The van der Waals surface area contributed by atoms with Gasteiger partial charge in [-0.3, -0.25) is 9.69 Å². The maximum atomic E-state index is 12.1. The van der Waals surface area contributed by atoms with Gasteiger partial charge in [-0.2, -0.15) is 0 Å². The zero-order valence-electron chi connectivity index (χ0n) is 12.8. The Balaban J connectivity index is 2.72. The Morgan fingerprint density at radius 1 is 1.45 bits per heavy atom. The number of ether oxygens (including phenoxy) is 1. The Labute approximate surface area is 121 Å². The Hall–Kier alpha value is -0.660. The van der Waals surface area contributed by atoms with E-state index in [1.807, 2.05) is 18.9 Å². The normalized spacial score (nSPS) is 24.6. The number of hydrogen-bond acceptors (Lipinski definition) is 6. The summed E-state index contributed by atoms with van der Waals surface area (Å²) in [4.78, 5) is 14.1. The second-order valence-electron chi connectivity index (χ2n) is 5.55. The van der Waals surface area contributed by atoms with Crippen LogP contribution in [0.5, 0.6) is 0 Å². The lowest BCUT2D eigenvalue weighted by atomic mass is 10.0. The fraction of sp³-hybridized carbons (Fsp3) is 0.923. The molecule has 2 atom stereocenters. The van der Waals surface area contributed by atoms with E-state index < -0.39 is 15.4 Å². The summed E-state index contributed by atoms with van der Waals surface area (Å²) in [5.74, 6) is 0.114. The molecule has 1 heterocycles. The second kappa shape index (κ2) is 6.87. The highest BCUT2D eigenvalue weighted by Gasteiger charge is 2.39. The molecule has 0 bridgehead atoms. The minimum Gasteiger partial charge on any atom is -0.465 e. The Bertz CT molecular complexity index is 438. The molecule has 7 heteroatoms. The van der Waals surface area contributed by atoms with Gasteiger partial charge in [0.05, 0.1) is 18.1 Å². The molecule has 1 aliphatic rings. The number of carbonyl (C=O) groups is 1. The van der Waals surface area contributed by atoms with Crippen molar-refractivity contribution < 1.29 is 17.9 Å². The predicted octanol–water partition coefficient (Wildman–Crippen LogP) is 0.0366. The average Bonchev–Trinajstić information content (AvgIpc) is 2.70. The summed E-state index contributed by atoms with van der Waals surface area (Å²) in [6.45, 7) is 6.91. The van der Waals surface area contributed by atoms with Crippen molar-refractivity contribution in [3.8, 4) is 0 Å². The third kappa shape index (κ3) is 4.43. The fourth-order valence-corrected chi connectivity index (χ4v) is 4.43. The van der Waals surface area contributed by atoms with Gasteiger partial charge in [-0.05, 0) is 33.9 Å². The first-order chi connectivity index (χ1) is 9.24. The molecule has 0 saturated carbocycles. The largest absolute Gasteiger partial charge is 0.465 e. The van der Waals surface area contributed by atoms with E-state index in [9.17, 15) is 13.2 Å². The molecule has 0 spiro atoms. The lowest BCUT2D eigenvalue weighted by Gasteiger charge is -2.34. The summed E-state index contributed by atoms with van der Waals surface area (Å²) < 4.78 is 28.2. The van der Waals surface area contributed by atoms with E-state index in [4.69, 9.17) is 4.74 Å². The lowest BCUT2D eigenvalue weighted by Crippen LogP contribution is -2.58. The fourth-order valence-electron chi connectivity index (χ4n) is 2.62. The first-order valence-corrected chi connectivity index (χ1v) is 8.89. The van der Waals surface area contributed by atoms with Crippen LogP contribution >= 0.6 is 0 Å². The number of esters is 1. The maximum Gasteiger partial charge on any atom is 0.327 e. The maximum absolute atomic E-state index is 12.1. The Morgan fingerprint density at radius 3 is 2.55 bits per heavy atom. The highest BCUT2D eigenvalue weighted by molar-refractivity contribution is 7.91. The topological polar surface area (TPSA) is 75.7 Å². The molecular formula is C13H26N2O4S. The molecule has 6 nitrogen and oxygen atoms in total. The van der Waals surface area contributed by atoms with Gasteiger partial charge >= 0.3 is 5.97 Å². The molecule has 1 N–H and O–H groups in total. The average molecular weight is 306 g/mol. The molecule has 0 aromatic heterocycles. The monoisotopic (exact) mass is 306 g/mol. The van der Waals surface area contributed by atoms with Crippen molar-refractivity contribution in [2.24, 2.45) is 0 Å². The van der Waals surface area contributed by atoms with Crippen LogP contribution in [0, 0.1) is 0 Å². The van der Waals surface area contributed by atoms with Crippen molar-refractivity contribution in [3.63, 3.8) is 0 Å². The lowest BCUT2D eigenvalue weighted by molar-refractivity contribution is -0.151. The third-order valence-corrected chi connectivity index (χ3v) is 5.44. The molecule has 0 aromatic rings. The number of nitrogens with zero attached hydrogens (tertiary/aromatic N) is 1. The van der Waals surface area contributed by atoms with E-state index in [-0.39, 0.29) is 23.5 Å². The number of nitrogens with one attached hydrogen (secondary N) is 1. The number of sulfone groups is 1. The van der Waals surface area contributed by atoms with E-state index in [0.29, 0.717) is 26.1 Å². The standard InChI is InChI=1S/C13H26N2O4S/c1-5-14-13(3,12(16)19-6-2)10-15(4)11-7-8-20(17,18)9-11/h11,14H,5-10H2,1-4H3. The van der Waals surface area contributed by atoms with Gasteiger partial charge in [0.1, 0.15) is 5.54 Å². The molecule has 1 fully saturated rings. The number of hydrogen-bond donors (Lipinski definition) is 1. The van der Waals surface area contributed by atoms with Crippen LogP contribution in [0.4, 0.5) is 0 Å². The number of carbonyl (C=O) groups excluding carboxylic acids is 1. The summed E-state index contributed by atoms with van der Waals surface area (Å²) in [7, 11) is -1.06. The van der Waals surface area contributed by atoms with Crippen molar-refractivity contribution >= 4 is 15.8 Å². The molecule has 20 heavy (non-hydrogen) atoms. The molecular weight excluding hydrogens is 280 g/mol.